The molecule has 0 spiro atoms. The molecule has 2 heteroatoms. The van der Waals surface area contributed by atoms with E-state index in [1.807, 2.05) is 0 Å². The standard InChI is InChI=1S/C13H28N2/c1-6-13(4,5)15-8-7-12(10-15)9-14-11(2)3/h11-12,14H,6-10H2,1-5H3. The molecule has 15 heavy (non-hydrogen) atoms. The molecule has 1 atom stereocenters. The van der Waals surface area contributed by atoms with E-state index < -0.39 is 0 Å². The fourth-order valence-electron chi connectivity index (χ4n) is 2.18. The third kappa shape index (κ3) is 3.76. The van der Waals surface area contributed by atoms with Crippen molar-refractivity contribution < 1.29 is 0 Å². The third-order valence-corrected chi connectivity index (χ3v) is 3.82. The number of rotatable bonds is 5. The smallest absolute Gasteiger partial charge is 0.0150 e. The van der Waals surface area contributed by atoms with Crippen LogP contribution in [0.5, 0.6) is 0 Å². The lowest BCUT2D eigenvalue weighted by atomic mass is 10.00. The molecule has 1 rings (SSSR count). The Morgan fingerprint density at radius 2 is 2.07 bits per heavy atom. The SMILES string of the molecule is CCC(C)(C)N1CCC(CNC(C)C)C1. The highest BCUT2D eigenvalue weighted by Gasteiger charge is 2.31. The van der Waals surface area contributed by atoms with E-state index >= 15 is 0 Å². The van der Waals surface area contributed by atoms with Crippen LogP contribution in [-0.2, 0) is 0 Å². The molecule has 0 radical (unpaired) electrons. The average Bonchev–Trinajstić information content (AvgIpc) is 2.63. The van der Waals surface area contributed by atoms with Gasteiger partial charge in [0.25, 0.3) is 0 Å². The van der Waals surface area contributed by atoms with Gasteiger partial charge in [-0.1, -0.05) is 20.8 Å². The van der Waals surface area contributed by atoms with Gasteiger partial charge in [-0.2, -0.15) is 0 Å². The third-order valence-electron chi connectivity index (χ3n) is 3.82. The van der Waals surface area contributed by atoms with Crippen LogP contribution >= 0.6 is 0 Å². The van der Waals surface area contributed by atoms with Gasteiger partial charge < -0.3 is 5.32 Å². The Kier molecular flexibility index (Phi) is 4.60. The number of hydrogen-bond donors (Lipinski definition) is 1. The van der Waals surface area contributed by atoms with E-state index in [0.29, 0.717) is 11.6 Å². The van der Waals surface area contributed by atoms with Gasteiger partial charge in [0, 0.05) is 18.1 Å². The van der Waals surface area contributed by atoms with Crippen molar-refractivity contribution in [3.05, 3.63) is 0 Å². The second-order valence-corrected chi connectivity index (χ2v) is 5.83. The molecule has 90 valence electrons. The largest absolute Gasteiger partial charge is 0.314 e. The molecular weight excluding hydrogens is 184 g/mol. The molecule has 1 aliphatic rings. The Labute approximate surface area is 95.4 Å². The summed E-state index contributed by atoms with van der Waals surface area (Å²) in [4.78, 5) is 2.65. The first-order chi connectivity index (χ1) is 6.95. The Morgan fingerprint density at radius 3 is 2.60 bits per heavy atom. The molecule has 0 amide bonds. The highest BCUT2D eigenvalue weighted by Crippen LogP contribution is 2.26. The van der Waals surface area contributed by atoms with E-state index in [1.165, 1.54) is 32.5 Å². The van der Waals surface area contributed by atoms with Crippen molar-refractivity contribution >= 4 is 0 Å². The van der Waals surface area contributed by atoms with Crippen LogP contribution in [0.4, 0.5) is 0 Å². The van der Waals surface area contributed by atoms with Crippen molar-refractivity contribution in [3.8, 4) is 0 Å². The van der Waals surface area contributed by atoms with Gasteiger partial charge in [-0.05, 0) is 45.7 Å². The molecule has 0 saturated carbocycles. The van der Waals surface area contributed by atoms with Crippen LogP contribution in [0.25, 0.3) is 0 Å². The van der Waals surface area contributed by atoms with E-state index in [1.54, 1.807) is 0 Å². The number of likely N-dealkylation sites (tertiary alicyclic amines) is 1. The fraction of sp³-hybridized carbons (Fsp3) is 1.00. The van der Waals surface area contributed by atoms with E-state index in [0.717, 1.165) is 5.92 Å². The Balaban J connectivity index is 2.32. The zero-order valence-electron chi connectivity index (χ0n) is 11.1. The summed E-state index contributed by atoms with van der Waals surface area (Å²) in [6.07, 6.45) is 2.61. The molecule has 2 nitrogen and oxygen atoms in total. The molecule has 0 bridgehead atoms. The molecule has 0 aromatic carbocycles. The minimum absolute atomic E-state index is 0.395. The maximum atomic E-state index is 3.55. The first-order valence-electron chi connectivity index (χ1n) is 6.44. The summed E-state index contributed by atoms with van der Waals surface area (Å²) in [6, 6.07) is 0.623. The Morgan fingerprint density at radius 1 is 1.40 bits per heavy atom. The summed E-state index contributed by atoms with van der Waals surface area (Å²) in [6.45, 7) is 15.2. The maximum Gasteiger partial charge on any atom is 0.0150 e. The van der Waals surface area contributed by atoms with Crippen molar-refractivity contribution in [1.29, 1.82) is 0 Å². The zero-order chi connectivity index (χ0) is 11.5. The quantitative estimate of drug-likeness (QED) is 0.753. The van der Waals surface area contributed by atoms with Gasteiger partial charge in [-0.25, -0.2) is 0 Å². The second-order valence-electron chi connectivity index (χ2n) is 5.83. The van der Waals surface area contributed by atoms with E-state index in [-0.39, 0.29) is 0 Å². The van der Waals surface area contributed by atoms with Crippen molar-refractivity contribution in [2.75, 3.05) is 19.6 Å². The average molecular weight is 212 g/mol. The van der Waals surface area contributed by atoms with Gasteiger partial charge in [-0.3, -0.25) is 4.90 Å². The molecule has 0 aromatic heterocycles. The minimum atomic E-state index is 0.395. The summed E-state index contributed by atoms with van der Waals surface area (Å²) in [5.41, 5.74) is 0.395. The Hall–Kier alpha value is -0.0800. The predicted molar refractivity (Wildman–Crippen MR) is 67.2 cm³/mol. The van der Waals surface area contributed by atoms with Crippen molar-refractivity contribution in [2.24, 2.45) is 5.92 Å². The van der Waals surface area contributed by atoms with Crippen molar-refractivity contribution in [2.45, 2.75) is 59.0 Å². The number of hydrogen-bond acceptors (Lipinski definition) is 2. The van der Waals surface area contributed by atoms with Crippen molar-refractivity contribution in [1.82, 2.24) is 10.2 Å². The maximum absolute atomic E-state index is 3.55. The van der Waals surface area contributed by atoms with Crippen LogP contribution in [-0.4, -0.2) is 36.1 Å². The summed E-state index contributed by atoms with van der Waals surface area (Å²) in [5.74, 6) is 0.859. The molecule has 1 saturated heterocycles. The first kappa shape index (κ1) is 13.0. The normalized spacial score (nSPS) is 24.0. The van der Waals surface area contributed by atoms with Crippen LogP contribution in [0.3, 0.4) is 0 Å². The van der Waals surface area contributed by atoms with Crippen LogP contribution in [0.1, 0.15) is 47.5 Å². The lowest BCUT2D eigenvalue weighted by Gasteiger charge is -2.34. The minimum Gasteiger partial charge on any atom is -0.314 e. The topological polar surface area (TPSA) is 15.3 Å². The van der Waals surface area contributed by atoms with E-state index in [4.69, 9.17) is 0 Å². The second kappa shape index (κ2) is 5.31. The van der Waals surface area contributed by atoms with Gasteiger partial charge in [-0.15, -0.1) is 0 Å². The van der Waals surface area contributed by atoms with Gasteiger partial charge in [0.1, 0.15) is 0 Å². The highest BCUT2D eigenvalue weighted by atomic mass is 15.2. The Bertz CT molecular complexity index is 187. The number of nitrogens with one attached hydrogen (secondary N) is 1. The lowest BCUT2D eigenvalue weighted by molar-refractivity contribution is 0.143. The monoisotopic (exact) mass is 212 g/mol. The predicted octanol–water partition coefficient (Wildman–Crippen LogP) is 2.49. The van der Waals surface area contributed by atoms with Crippen LogP contribution in [0.2, 0.25) is 0 Å². The highest BCUT2D eigenvalue weighted by molar-refractivity contribution is 4.87. The zero-order valence-corrected chi connectivity index (χ0v) is 11.1. The van der Waals surface area contributed by atoms with Gasteiger partial charge in [0.05, 0.1) is 0 Å². The van der Waals surface area contributed by atoms with E-state index in [9.17, 15) is 0 Å². The molecule has 0 aromatic rings. The summed E-state index contributed by atoms with van der Waals surface area (Å²) >= 11 is 0. The summed E-state index contributed by atoms with van der Waals surface area (Å²) < 4.78 is 0. The molecule has 1 N–H and O–H groups in total. The van der Waals surface area contributed by atoms with E-state index in [2.05, 4.69) is 44.8 Å². The summed E-state index contributed by atoms with van der Waals surface area (Å²) in [7, 11) is 0. The molecule has 1 fully saturated rings. The van der Waals surface area contributed by atoms with Gasteiger partial charge in [0.2, 0.25) is 0 Å². The van der Waals surface area contributed by atoms with Crippen LogP contribution in [0.15, 0.2) is 0 Å². The lowest BCUT2D eigenvalue weighted by Crippen LogP contribution is -2.42. The molecular formula is C13H28N2. The summed E-state index contributed by atoms with van der Waals surface area (Å²) in [5, 5.41) is 3.55. The van der Waals surface area contributed by atoms with Crippen molar-refractivity contribution in [3.63, 3.8) is 0 Å². The molecule has 1 heterocycles. The van der Waals surface area contributed by atoms with Crippen LogP contribution < -0.4 is 5.32 Å². The van der Waals surface area contributed by atoms with Gasteiger partial charge in [0.15, 0.2) is 0 Å². The van der Waals surface area contributed by atoms with Crippen LogP contribution in [0, 0.1) is 5.92 Å². The molecule has 1 aliphatic heterocycles. The molecule has 0 aliphatic carbocycles. The molecule has 1 unspecified atom stereocenters. The first-order valence-corrected chi connectivity index (χ1v) is 6.44. The van der Waals surface area contributed by atoms with Gasteiger partial charge >= 0.3 is 0 Å². The number of nitrogens with zero attached hydrogens (tertiary/aromatic N) is 1. The fourth-order valence-corrected chi connectivity index (χ4v) is 2.18.